The van der Waals surface area contributed by atoms with Gasteiger partial charge in [-0.1, -0.05) is 49.6 Å². The fraction of sp³-hybridized carbons (Fsp3) is 0.417. The number of hydrogen-bond acceptors (Lipinski definition) is 4. The molecule has 0 aromatic heterocycles. The Morgan fingerprint density at radius 3 is 2.83 bits per heavy atom. The third kappa shape index (κ3) is 4.17. The van der Waals surface area contributed by atoms with Crippen molar-refractivity contribution in [1.29, 1.82) is 0 Å². The van der Waals surface area contributed by atoms with Crippen LogP contribution in [0.25, 0.3) is 0 Å². The van der Waals surface area contributed by atoms with Gasteiger partial charge < -0.3 is 9.47 Å². The molecule has 2 aliphatic rings. The van der Waals surface area contributed by atoms with Gasteiger partial charge in [-0.05, 0) is 54.0 Å². The molecule has 0 heterocycles. The molecule has 0 radical (unpaired) electrons. The largest absolute Gasteiger partial charge is 0.493 e. The molecule has 3 atom stereocenters. The molecule has 158 valence electrons. The number of fused-ring (bicyclic) bond motifs is 1. The number of carbonyl (C=O) groups is 1. The number of rotatable bonds is 7. The predicted molar refractivity (Wildman–Crippen MR) is 118 cm³/mol. The van der Waals surface area contributed by atoms with Crippen molar-refractivity contribution in [3.05, 3.63) is 58.6 Å². The van der Waals surface area contributed by atoms with E-state index in [4.69, 9.17) is 21.1 Å². The minimum Gasteiger partial charge on any atom is -0.493 e. The van der Waals surface area contributed by atoms with Crippen LogP contribution in [-0.2, 0) is 11.4 Å². The van der Waals surface area contributed by atoms with E-state index in [1.165, 1.54) is 12.8 Å². The molecule has 2 fully saturated rings. The van der Waals surface area contributed by atoms with Crippen LogP contribution >= 0.6 is 11.6 Å². The number of ether oxygens (including phenoxy) is 2. The van der Waals surface area contributed by atoms with Gasteiger partial charge in [0.25, 0.3) is 0 Å². The summed E-state index contributed by atoms with van der Waals surface area (Å²) in [6.07, 6.45) is 6.40. The van der Waals surface area contributed by atoms with Gasteiger partial charge in [0.1, 0.15) is 6.61 Å². The second-order valence-electron chi connectivity index (χ2n) is 8.36. The van der Waals surface area contributed by atoms with Gasteiger partial charge in [0.2, 0.25) is 5.91 Å². The third-order valence-corrected chi connectivity index (χ3v) is 6.90. The molecule has 2 aromatic carbocycles. The lowest BCUT2D eigenvalue weighted by molar-refractivity contribution is -0.123. The standard InChI is InChI=1S/C24H27ClN2O3/c1-24-12-6-5-8-18(24)22(24)23(28)27-26-14-16-10-11-20(21(13-16)29-2)30-15-17-7-3-4-9-19(17)25/h3-4,7,9-11,13-14,18,22H,5-6,8,12,15H2,1-2H3,(H,27,28)/b26-14-/t18-,22-,24+/m0/s1. The van der Waals surface area contributed by atoms with E-state index in [9.17, 15) is 4.79 Å². The van der Waals surface area contributed by atoms with E-state index in [0.717, 1.165) is 24.0 Å². The molecular weight excluding hydrogens is 400 g/mol. The van der Waals surface area contributed by atoms with E-state index in [0.29, 0.717) is 29.0 Å². The first kappa shape index (κ1) is 20.7. The van der Waals surface area contributed by atoms with Crippen LogP contribution < -0.4 is 14.9 Å². The highest BCUT2D eigenvalue weighted by Crippen LogP contribution is 2.66. The van der Waals surface area contributed by atoms with E-state index in [1.54, 1.807) is 13.3 Å². The smallest absolute Gasteiger partial charge is 0.244 e. The molecule has 2 aromatic rings. The van der Waals surface area contributed by atoms with Gasteiger partial charge in [0.15, 0.2) is 11.5 Å². The topological polar surface area (TPSA) is 59.9 Å². The summed E-state index contributed by atoms with van der Waals surface area (Å²) in [6.45, 7) is 2.58. The Labute approximate surface area is 182 Å². The molecule has 4 rings (SSSR count). The Morgan fingerprint density at radius 2 is 2.10 bits per heavy atom. The fourth-order valence-corrected chi connectivity index (χ4v) is 4.94. The average molecular weight is 427 g/mol. The van der Waals surface area contributed by atoms with Crippen molar-refractivity contribution in [2.45, 2.75) is 39.2 Å². The summed E-state index contributed by atoms with van der Waals surface area (Å²) in [5.74, 6) is 1.88. The van der Waals surface area contributed by atoms with E-state index in [2.05, 4.69) is 17.5 Å². The van der Waals surface area contributed by atoms with Crippen molar-refractivity contribution < 1.29 is 14.3 Å². The molecule has 6 heteroatoms. The lowest BCUT2D eigenvalue weighted by Gasteiger charge is -2.15. The van der Waals surface area contributed by atoms with Gasteiger partial charge >= 0.3 is 0 Å². The summed E-state index contributed by atoms with van der Waals surface area (Å²) < 4.78 is 11.3. The lowest BCUT2D eigenvalue weighted by Crippen LogP contribution is -2.22. The highest BCUT2D eigenvalue weighted by Gasteiger charge is 2.64. The summed E-state index contributed by atoms with van der Waals surface area (Å²) in [7, 11) is 1.59. The number of benzene rings is 2. The maximum Gasteiger partial charge on any atom is 0.244 e. The Bertz CT molecular complexity index is 961. The van der Waals surface area contributed by atoms with Crippen molar-refractivity contribution in [3.8, 4) is 11.5 Å². The molecule has 0 spiro atoms. The minimum absolute atomic E-state index is 0.0345. The number of hydrazone groups is 1. The van der Waals surface area contributed by atoms with Crippen LogP contribution in [0.2, 0.25) is 5.02 Å². The number of nitrogens with zero attached hydrogens (tertiary/aromatic N) is 1. The van der Waals surface area contributed by atoms with Gasteiger partial charge in [0.05, 0.1) is 13.3 Å². The van der Waals surface area contributed by atoms with Crippen LogP contribution in [0.5, 0.6) is 11.5 Å². The van der Waals surface area contributed by atoms with Gasteiger partial charge in [0, 0.05) is 16.5 Å². The number of hydrogen-bond donors (Lipinski definition) is 1. The summed E-state index contributed by atoms with van der Waals surface area (Å²) in [5.41, 5.74) is 4.63. The van der Waals surface area contributed by atoms with Crippen molar-refractivity contribution in [3.63, 3.8) is 0 Å². The summed E-state index contributed by atoms with van der Waals surface area (Å²) in [5, 5.41) is 4.83. The summed E-state index contributed by atoms with van der Waals surface area (Å²) in [6, 6.07) is 13.1. The van der Waals surface area contributed by atoms with Gasteiger partial charge in [-0.3, -0.25) is 4.79 Å². The molecule has 2 saturated carbocycles. The van der Waals surface area contributed by atoms with Gasteiger partial charge in [-0.15, -0.1) is 0 Å². The van der Waals surface area contributed by atoms with Crippen LogP contribution in [0.1, 0.15) is 43.7 Å². The summed E-state index contributed by atoms with van der Waals surface area (Å²) >= 11 is 6.18. The van der Waals surface area contributed by atoms with Crippen LogP contribution in [0.15, 0.2) is 47.6 Å². The first-order valence-electron chi connectivity index (χ1n) is 10.4. The Hall–Kier alpha value is -2.53. The van der Waals surface area contributed by atoms with Crippen LogP contribution in [-0.4, -0.2) is 19.2 Å². The third-order valence-electron chi connectivity index (χ3n) is 6.53. The SMILES string of the molecule is COc1cc(/C=N\NC(=O)[C@@H]2[C@@H]3CCCC[C@@]23C)ccc1OCc1ccccc1Cl. The molecule has 2 aliphatic carbocycles. The van der Waals surface area contributed by atoms with E-state index >= 15 is 0 Å². The normalized spacial score (nSPS) is 24.9. The first-order valence-corrected chi connectivity index (χ1v) is 10.8. The molecular formula is C24H27ClN2O3. The fourth-order valence-electron chi connectivity index (χ4n) is 4.75. The van der Waals surface area contributed by atoms with E-state index < -0.39 is 0 Å². The maximum absolute atomic E-state index is 12.5. The minimum atomic E-state index is 0.0345. The highest BCUT2D eigenvalue weighted by atomic mass is 35.5. The Kier molecular flexibility index (Phi) is 6.00. The zero-order chi connectivity index (χ0) is 21.1. The van der Waals surface area contributed by atoms with Crippen LogP contribution in [0.4, 0.5) is 0 Å². The van der Waals surface area contributed by atoms with Crippen molar-refractivity contribution in [2.24, 2.45) is 22.4 Å². The number of carbonyl (C=O) groups excluding carboxylic acids is 1. The predicted octanol–water partition coefficient (Wildman–Crippen LogP) is 5.20. The summed E-state index contributed by atoms with van der Waals surface area (Å²) in [4.78, 5) is 12.5. The maximum atomic E-state index is 12.5. The van der Waals surface area contributed by atoms with Crippen molar-refractivity contribution in [1.82, 2.24) is 5.43 Å². The van der Waals surface area contributed by atoms with Gasteiger partial charge in [-0.2, -0.15) is 5.10 Å². The molecule has 0 saturated heterocycles. The molecule has 0 unspecified atom stereocenters. The quantitative estimate of drug-likeness (QED) is 0.488. The first-order chi connectivity index (χ1) is 14.5. The molecule has 1 amide bonds. The molecule has 1 N–H and O–H groups in total. The zero-order valence-corrected chi connectivity index (χ0v) is 18.1. The van der Waals surface area contributed by atoms with Gasteiger partial charge in [-0.25, -0.2) is 5.43 Å². The van der Waals surface area contributed by atoms with Crippen molar-refractivity contribution >= 4 is 23.7 Å². The van der Waals surface area contributed by atoms with E-state index in [-0.39, 0.29) is 17.2 Å². The number of methoxy groups -OCH3 is 1. The number of nitrogens with one attached hydrogen (secondary N) is 1. The average Bonchev–Trinajstić information content (AvgIpc) is 3.39. The van der Waals surface area contributed by atoms with E-state index in [1.807, 2.05) is 42.5 Å². The molecule has 0 aliphatic heterocycles. The zero-order valence-electron chi connectivity index (χ0n) is 17.4. The molecule has 30 heavy (non-hydrogen) atoms. The van der Waals surface area contributed by atoms with Crippen molar-refractivity contribution in [2.75, 3.05) is 7.11 Å². The van der Waals surface area contributed by atoms with Crippen LogP contribution in [0.3, 0.4) is 0 Å². The monoisotopic (exact) mass is 426 g/mol. The number of amides is 1. The van der Waals surface area contributed by atoms with Crippen LogP contribution in [0, 0.1) is 17.3 Å². The second-order valence-corrected chi connectivity index (χ2v) is 8.77. The second kappa shape index (κ2) is 8.68. The molecule has 0 bridgehead atoms. The Balaban J connectivity index is 1.35. The Morgan fingerprint density at radius 1 is 1.27 bits per heavy atom. The number of halogens is 1. The highest BCUT2D eigenvalue weighted by molar-refractivity contribution is 6.31. The molecule has 5 nitrogen and oxygen atoms in total. The lowest BCUT2D eigenvalue weighted by atomic mass is 9.90.